The summed E-state index contributed by atoms with van der Waals surface area (Å²) in [7, 11) is 1.45. The Bertz CT molecular complexity index is 695. The highest BCUT2D eigenvalue weighted by atomic mass is 16.7. The van der Waals surface area contributed by atoms with Crippen molar-refractivity contribution in [2.24, 2.45) is 5.73 Å². The van der Waals surface area contributed by atoms with Crippen molar-refractivity contribution in [3.8, 4) is 0 Å². The molecule has 1 fully saturated rings. The SMILES string of the molecule is COC(C)C(=O)c1ccc(C(N)=C2C(=O)OC(C)(C)OC2=O)cc1. The van der Waals surface area contributed by atoms with Gasteiger partial charge in [-0.15, -0.1) is 0 Å². The highest BCUT2D eigenvalue weighted by Gasteiger charge is 2.40. The molecule has 1 aliphatic heterocycles. The molecule has 0 amide bonds. The van der Waals surface area contributed by atoms with E-state index in [1.54, 1.807) is 19.1 Å². The summed E-state index contributed by atoms with van der Waals surface area (Å²) in [5, 5.41) is 0. The summed E-state index contributed by atoms with van der Waals surface area (Å²) in [6, 6.07) is 6.17. The van der Waals surface area contributed by atoms with Crippen molar-refractivity contribution in [3.05, 3.63) is 41.0 Å². The second-order valence-corrected chi connectivity index (χ2v) is 5.79. The van der Waals surface area contributed by atoms with E-state index in [0.717, 1.165) is 0 Å². The number of methoxy groups -OCH3 is 1. The van der Waals surface area contributed by atoms with Crippen molar-refractivity contribution in [1.29, 1.82) is 0 Å². The highest BCUT2D eigenvalue weighted by molar-refractivity contribution is 6.20. The summed E-state index contributed by atoms with van der Waals surface area (Å²) < 4.78 is 15.0. The van der Waals surface area contributed by atoms with Crippen molar-refractivity contribution in [2.75, 3.05) is 7.11 Å². The van der Waals surface area contributed by atoms with Gasteiger partial charge in [-0.25, -0.2) is 9.59 Å². The van der Waals surface area contributed by atoms with E-state index >= 15 is 0 Å². The lowest BCUT2D eigenvalue weighted by molar-refractivity contribution is -0.222. The Kier molecular flexibility index (Phi) is 4.75. The second kappa shape index (κ2) is 6.45. The molecule has 1 saturated heterocycles. The molecule has 1 aliphatic rings. The van der Waals surface area contributed by atoms with Gasteiger partial charge in [0, 0.05) is 26.5 Å². The summed E-state index contributed by atoms with van der Waals surface area (Å²) in [6.45, 7) is 4.54. The number of rotatable bonds is 4. The average Bonchev–Trinajstić information content (AvgIpc) is 2.51. The van der Waals surface area contributed by atoms with Gasteiger partial charge in [-0.3, -0.25) is 4.79 Å². The predicted molar refractivity (Wildman–Crippen MR) is 84.6 cm³/mol. The van der Waals surface area contributed by atoms with Crippen LogP contribution in [0.15, 0.2) is 29.8 Å². The zero-order valence-electron chi connectivity index (χ0n) is 13.9. The normalized spacial score (nSPS) is 17.8. The number of cyclic esters (lactones) is 2. The molecular formula is C17H19NO6. The Hall–Kier alpha value is -2.67. The van der Waals surface area contributed by atoms with E-state index in [1.807, 2.05) is 0 Å². The number of esters is 2. The Morgan fingerprint density at radius 1 is 1.08 bits per heavy atom. The van der Waals surface area contributed by atoms with E-state index < -0.39 is 23.8 Å². The van der Waals surface area contributed by atoms with E-state index in [4.69, 9.17) is 19.9 Å². The first kappa shape index (κ1) is 17.7. The maximum atomic E-state index is 12.0. The summed E-state index contributed by atoms with van der Waals surface area (Å²) in [5.74, 6) is -3.21. The minimum Gasteiger partial charge on any atom is -0.419 e. The van der Waals surface area contributed by atoms with E-state index in [0.29, 0.717) is 11.1 Å². The molecule has 0 radical (unpaired) electrons. The summed E-state index contributed by atoms with van der Waals surface area (Å²) in [6.07, 6.45) is -0.572. The molecule has 1 unspecified atom stereocenters. The summed E-state index contributed by atoms with van der Waals surface area (Å²) in [4.78, 5) is 36.0. The Morgan fingerprint density at radius 3 is 2.00 bits per heavy atom. The van der Waals surface area contributed by atoms with Crippen LogP contribution in [0.25, 0.3) is 5.70 Å². The number of carbonyl (C=O) groups excluding carboxylic acids is 3. The zero-order valence-corrected chi connectivity index (χ0v) is 13.9. The van der Waals surface area contributed by atoms with Crippen molar-refractivity contribution in [1.82, 2.24) is 0 Å². The molecule has 7 heteroatoms. The van der Waals surface area contributed by atoms with Crippen LogP contribution in [0.3, 0.4) is 0 Å². The van der Waals surface area contributed by atoms with Crippen LogP contribution in [0.4, 0.5) is 0 Å². The van der Waals surface area contributed by atoms with E-state index in [9.17, 15) is 14.4 Å². The van der Waals surface area contributed by atoms with Gasteiger partial charge in [0.2, 0.25) is 0 Å². The molecule has 1 atom stereocenters. The molecule has 2 N–H and O–H groups in total. The first-order valence-electron chi connectivity index (χ1n) is 7.30. The third-order valence-electron chi connectivity index (χ3n) is 3.56. The minimum absolute atomic E-state index is 0.0701. The van der Waals surface area contributed by atoms with E-state index in [-0.39, 0.29) is 17.1 Å². The number of hydrogen-bond donors (Lipinski definition) is 1. The van der Waals surface area contributed by atoms with Crippen LogP contribution in [0, 0.1) is 0 Å². The molecule has 0 aromatic heterocycles. The van der Waals surface area contributed by atoms with Crippen LogP contribution in [0.5, 0.6) is 0 Å². The molecule has 1 aromatic carbocycles. The van der Waals surface area contributed by atoms with Gasteiger partial charge in [-0.1, -0.05) is 24.3 Å². The largest absolute Gasteiger partial charge is 0.419 e. The Morgan fingerprint density at radius 2 is 1.54 bits per heavy atom. The van der Waals surface area contributed by atoms with Crippen LogP contribution in [0.2, 0.25) is 0 Å². The molecule has 1 aromatic rings. The number of ketones is 1. The van der Waals surface area contributed by atoms with Gasteiger partial charge < -0.3 is 19.9 Å². The molecule has 2 rings (SSSR count). The van der Waals surface area contributed by atoms with Crippen LogP contribution in [-0.4, -0.2) is 36.7 Å². The maximum Gasteiger partial charge on any atom is 0.351 e. The standard InChI is InChI=1S/C17H19NO6/c1-9(22-4)14(19)11-7-5-10(6-8-11)13(18)12-15(20)23-17(2,3)24-16(12)21/h5-9H,18H2,1-4H3. The number of nitrogens with two attached hydrogens (primary N) is 1. The van der Waals surface area contributed by atoms with Gasteiger partial charge in [0.05, 0.1) is 5.70 Å². The van der Waals surface area contributed by atoms with Gasteiger partial charge in [0.25, 0.3) is 5.79 Å². The summed E-state index contributed by atoms with van der Waals surface area (Å²) in [5.41, 5.74) is 6.32. The third kappa shape index (κ3) is 3.46. The van der Waals surface area contributed by atoms with E-state index in [1.165, 1.54) is 33.1 Å². The third-order valence-corrected chi connectivity index (χ3v) is 3.56. The van der Waals surface area contributed by atoms with Crippen molar-refractivity contribution >= 4 is 23.4 Å². The van der Waals surface area contributed by atoms with Crippen molar-refractivity contribution in [3.63, 3.8) is 0 Å². The molecule has 24 heavy (non-hydrogen) atoms. The smallest absolute Gasteiger partial charge is 0.351 e. The summed E-state index contributed by atoms with van der Waals surface area (Å²) >= 11 is 0. The second-order valence-electron chi connectivity index (χ2n) is 5.79. The van der Waals surface area contributed by atoms with Gasteiger partial charge in [0.15, 0.2) is 11.4 Å². The van der Waals surface area contributed by atoms with Crippen LogP contribution < -0.4 is 5.73 Å². The Balaban J connectivity index is 2.33. The molecule has 7 nitrogen and oxygen atoms in total. The van der Waals surface area contributed by atoms with Gasteiger partial charge in [-0.2, -0.15) is 0 Å². The van der Waals surface area contributed by atoms with Crippen LogP contribution in [-0.2, 0) is 23.8 Å². The fourth-order valence-corrected chi connectivity index (χ4v) is 2.17. The zero-order chi connectivity index (χ0) is 18.1. The van der Waals surface area contributed by atoms with Crippen molar-refractivity contribution < 1.29 is 28.6 Å². The first-order valence-corrected chi connectivity index (χ1v) is 7.30. The van der Waals surface area contributed by atoms with Crippen molar-refractivity contribution in [2.45, 2.75) is 32.7 Å². The average molecular weight is 333 g/mol. The van der Waals surface area contributed by atoms with Crippen LogP contribution in [0.1, 0.15) is 36.7 Å². The molecule has 0 spiro atoms. The molecule has 0 aliphatic carbocycles. The fourth-order valence-electron chi connectivity index (χ4n) is 2.17. The minimum atomic E-state index is -1.33. The lowest BCUT2D eigenvalue weighted by Gasteiger charge is -2.30. The fraction of sp³-hybridized carbons (Fsp3) is 0.353. The Labute approximate surface area is 139 Å². The van der Waals surface area contributed by atoms with Gasteiger partial charge >= 0.3 is 11.9 Å². The van der Waals surface area contributed by atoms with Crippen LogP contribution >= 0.6 is 0 Å². The molecule has 1 heterocycles. The maximum absolute atomic E-state index is 12.0. The van der Waals surface area contributed by atoms with Gasteiger partial charge in [0.1, 0.15) is 6.10 Å². The lowest BCUT2D eigenvalue weighted by atomic mass is 10.0. The topological polar surface area (TPSA) is 105 Å². The number of carbonyl (C=O) groups is 3. The number of benzene rings is 1. The number of ether oxygens (including phenoxy) is 3. The molecule has 0 bridgehead atoms. The quantitative estimate of drug-likeness (QED) is 0.384. The monoisotopic (exact) mass is 333 g/mol. The van der Waals surface area contributed by atoms with Gasteiger partial charge in [-0.05, 0) is 12.5 Å². The highest BCUT2D eigenvalue weighted by Crippen LogP contribution is 2.26. The molecular weight excluding hydrogens is 314 g/mol. The number of hydrogen-bond acceptors (Lipinski definition) is 7. The number of Topliss-reactive ketones (excluding diaryl/α,β-unsaturated/α-hetero) is 1. The van der Waals surface area contributed by atoms with E-state index in [2.05, 4.69) is 0 Å². The first-order chi connectivity index (χ1) is 11.2. The predicted octanol–water partition coefficient (Wildman–Crippen LogP) is 1.41. The molecule has 0 saturated carbocycles. The molecule has 128 valence electrons. The lowest BCUT2D eigenvalue weighted by Crippen LogP contribution is -2.42.